The van der Waals surface area contributed by atoms with Crippen molar-refractivity contribution < 1.29 is 4.74 Å². The fourth-order valence-corrected chi connectivity index (χ4v) is 2.45. The maximum atomic E-state index is 5.82. The van der Waals surface area contributed by atoms with Gasteiger partial charge in [-0.3, -0.25) is 0 Å². The summed E-state index contributed by atoms with van der Waals surface area (Å²) in [6.07, 6.45) is 6.50. The smallest absolute Gasteiger partial charge is 0.0807 e. The Morgan fingerprint density at radius 1 is 1.33 bits per heavy atom. The number of rotatable bonds is 1. The topological polar surface area (TPSA) is 21.3 Å². The monoisotopic (exact) mass is 169 g/mol. The molecule has 2 heterocycles. The minimum absolute atomic E-state index is 0.153. The summed E-state index contributed by atoms with van der Waals surface area (Å²) in [5.74, 6) is 0. The third kappa shape index (κ3) is 1.50. The van der Waals surface area contributed by atoms with Crippen molar-refractivity contribution >= 4 is 0 Å². The van der Waals surface area contributed by atoms with Crippen LogP contribution in [0, 0.1) is 0 Å². The van der Waals surface area contributed by atoms with E-state index in [1.54, 1.807) is 0 Å². The summed E-state index contributed by atoms with van der Waals surface area (Å²) in [7, 11) is 0. The fraction of sp³-hybridized carbons (Fsp3) is 1.00. The van der Waals surface area contributed by atoms with Crippen LogP contribution in [0.2, 0.25) is 0 Å². The second kappa shape index (κ2) is 3.35. The highest BCUT2D eigenvalue weighted by molar-refractivity contribution is 4.93. The lowest BCUT2D eigenvalue weighted by molar-refractivity contribution is -0.0184. The van der Waals surface area contributed by atoms with Crippen molar-refractivity contribution in [2.45, 2.75) is 50.7 Å². The van der Waals surface area contributed by atoms with Crippen molar-refractivity contribution in [2.24, 2.45) is 0 Å². The van der Waals surface area contributed by atoms with Crippen molar-refractivity contribution in [1.82, 2.24) is 5.32 Å². The SMILES string of the molecule is CC1(C2CCCCN2)CCCO1. The Kier molecular flexibility index (Phi) is 2.37. The molecule has 0 aromatic carbocycles. The molecule has 2 heteroatoms. The second-order valence-corrected chi connectivity index (χ2v) is 4.27. The molecule has 0 aromatic heterocycles. The molecule has 1 N–H and O–H groups in total. The van der Waals surface area contributed by atoms with Gasteiger partial charge in [-0.25, -0.2) is 0 Å². The molecule has 2 aliphatic heterocycles. The summed E-state index contributed by atoms with van der Waals surface area (Å²) >= 11 is 0. The van der Waals surface area contributed by atoms with Crippen molar-refractivity contribution in [3.05, 3.63) is 0 Å². The molecule has 12 heavy (non-hydrogen) atoms. The molecule has 2 atom stereocenters. The summed E-state index contributed by atoms with van der Waals surface area (Å²) in [6, 6.07) is 0.619. The van der Waals surface area contributed by atoms with E-state index in [1.165, 1.54) is 38.6 Å². The lowest BCUT2D eigenvalue weighted by atomic mass is 9.87. The Bertz CT molecular complexity index is 146. The fourth-order valence-electron chi connectivity index (χ4n) is 2.45. The van der Waals surface area contributed by atoms with Gasteiger partial charge >= 0.3 is 0 Å². The Morgan fingerprint density at radius 2 is 2.25 bits per heavy atom. The normalized spacial score (nSPS) is 43.2. The van der Waals surface area contributed by atoms with Gasteiger partial charge in [-0.05, 0) is 39.2 Å². The zero-order chi connectivity index (χ0) is 8.44. The van der Waals surface area contributed by atoms with Gasteiger partial charge in [-0.1, -0.05) is 6.42 Å². The predicted molar refractivity (Wildman–Crippen MR) is 49.2 cm³/mol. The number of piperidine rings is 1. The maximum Gasteiger partial charge on any atom is 0.0807 e. The first kappa shape index (κ1) is 8.52. The molecule has 0 saturated carbocycles. The minimum atomic E-state index is 0.153. The van der Waals surface area contributed by atoms with Crippen molar-refractivity contribution in [1.29, 1.82) is 0 Å². The molecule has 0 aliphatic carbocycles. The van der Waals surface area contributed by atoms with Gasteiger partial charge in [-0.15, -0.1) is 0 Å². The van der Waals surface area contributed by atoms with Gasteiger partial charge in [0.2, 0.25) is 0 Å². The Hall–Kier alpha value is -0.0800. The van der Waals surface area contributed by atoms with Crippen LogP contribution in [0.4, 0.5) is 0 Å². The van der Waals surface area contributed by atoms with E-state index in [2.05, 4.69) is 12.2 Å². The average molecular weight is 169 g/mol. The Morgan fingerprint density at radius 3 is 2.83 bits per heavy atom. The highest BCUT2D eigenvalue weighted by Crippen LogP contribution is 2.31. The van der Waals surface area contributed by atoms with E-state index in [4.69, 9.17) is 4.74 Å². The highest BCUT2D eigenvalue weighted by Gasteiger charge is 2.38. The Balaban J connectivity index is 1.96. The molecule has 2 rings (SSSR count). The largest absolute Gasteiger partial charge is 0.374 e. The zero-order valence-electron chi connectivity index (χ0n) is 7.94. The first-order valence-electron chi connectivity index (χ1n) is 5.19. The van der Waals surface area contributed by atoms with Crippen molar-refractivity contribution in [3.63, 3.8) is 0 Å². The van der Waals surface area contributed by atoms with Crippen LogP contribution < -0.4 is 5.32 Å². The van der Waals surface area contributed by atoms with Crippen molar-refractivity contribution in [2.75, 3.05) is 13.2 Å². The molecule has 2 saturated heterocycles. The summed E-state index contributed by atoms with van der Waals surface area (Å²) in [5, 5.41) is 3.58. The second-order valence-electron chi connectivity index (χ2n) is 4.27. The predicted octanol–water partition coefficient (Wildman–Crippen LogP) is 1.70. The lowest BCUT2D eigenvalue weighted by Crippen LogP contribution is -2.50. The molecule has 2 aliphatic rings. The molecule has 0 spiro atoms. The van der Waals surface area contributed by atoms with E-state index in [0.717, 1.165) is 6.61 Å². The number of nitrogens with one attached hydrogen (secondary N) is 1. The van der Waals surface area contributed by atoms with Gasteiger partial charge in [0, 0.05) is 12.6 Å². The van der Waals surface area contributed by atoms with Crippen LogP contribution in [0.5, 0.6) is 0 Å². The van der Waals surface area contributed by atoms with Crippen LogP contribution in [0.25, 0.3) is 0 Å². The van der Waals surface area contributed by atoms with E-state index in [9.17, 15) is 0 Å². The van der Waals surface area contributed by atoms with E-state index < -0.39 is 0 Å². The molecule has 2 unspecified atom stereocenters. The van der Waals surface area contributed by atoms with E-state index in [0.29, 0.717) is 6.04 Å². The van der Waals surface area contributed by atoms with Gasteiger partial charge in [0.05, 0.1) is 5.60 Å². The molecular weight excluding hydrogens is 150 g/mol. The number of hydrogen-bond acceptors (Lipinski definition) is 2. The molecule has 0 bridgehead atoms. The molecule has 0 amide bonds. The van der Waals surface area contributed by atoms with Gasteiger partial charge in [-0.2, -0.15) is 0 Å². The third-order valence-corrected chi connectivity index (χ3v) is 3.30. The lowest BCUT2D eigenvalue weighted by Gasteiger charge is -2.36. The highest BCUT2D eigenvalue weighted by atomic mass is 16.5. The van der Waals surface area contributed by atoms with Gasteiger partial charge in [0.15, 0.2) is 0 Å². The summed E-state index contributed by atoms with van der Waals surface area (Å²) in [6.45, 7) is 4.42. The summed E-state index contributed by atoms with van der Waals surface area (Å²) in [5.41, 5.74) is 0.153. The van der Waals surface area contributed by atoms with Crippen LogP contribution in [-0.2, 0) is 4.74 Å². The van der Waals surface area contributed by atoms with E-state index in [1.807, 2.05) is 0 Å². The van der Waals surface area contributed by atoms with Crippen LogP contribution in [0.15, 0.2) is 0 Å². The molecule has 0 radical (unpaired) electrons. The summed E-state index contributed by atoms with van der Waals surface area (Å²) < 4.78 is 5.82. The minimum Gasteiger partial charge on any atom is -0.374 e. The molecule has 2 fully saturated rings. The van der Waals surface area contributed by atoms with Gasteiger partial charge in [0.1, 0.15) is 0 Å². The maximum absolute atomic E-state index is 5.82. The van der Waals surface area contributed by atoms with Crippen LogP contribution in [0.1, 0.15) is 39.0 Å². The van der Waals surface area contributed by atoms with Crippen LogP contribution >= 0.6 is 0 Å². The van der Waals surface area contributed by atoms with Gasteiger partial charge < -0.3 is 10.1 Å². The molecule has 0 aromatic rings. The van der Waals surface area contributed by atoms with Crippen LogP contribution in [-0.4, -0.2) is 24.8 Å². The van der Waals surface area contributed by atoms with E-state index >= 15 is 0 Å². The van der Waals surface area contributed by atoms with Crippen molar-refractivity contribution in [3.8, 4) is 0 Å². The molecular formula is C10H19NO. The number of hydrogen-bond donors (Lipinski definition) is 1. The number of ether oxygens (including phenoxy) is 1. The molecule has 70 valence electrons. The summed E-state index contributed by atoms with van der Waals surface area (Å²) in [4.78, 5) is 0. The van der Waals surface area contributed by atoms with E-state index in [-0.39, 0.29) is 5.60 Å². The van der Waals surface area contributed by atoms with Crippen LogP contribution in [0.3, 0.4) is 0 Å². The first-order chi connectivity index (χ1) is 5.81. The van der Waals surface area contributed by atoms with Gasteiger partial charge in [0.25, 0.3) is 0 Å². The molecule has 2 nitrogen and oxygen atoms in total. The quantitative estimate of drug-likeness (QED) is 0.645. The zero-order valence-corrected chi connectivity index (χ0v) is 7.94. The first-order valence-corrected chi connectivity index (χ1v) is 5.19. The standard InChI is InChI=1S/C10H19NO/c1-10(6-4-8-12-10)9-5-2-3-7-11-9/h9,11H,2-8H2,1H3. The Labute approximate surface area is 74.7 Å². The third-order valence-electron chi connectivity index (χ3n) is 3.30. The average Bonchev–Trinajstić information content (AvgIpc) is 2.55.